The van der Waals surface area contributed by atoms with Gasteiger partial charge in [0, 0.05) is 0 Å². The second-order valence-electron chi connectivity index (χ2n) is 5.06. The Hall–Kier alpha value is -1.73. The van der Waals surface area contributed by atoms with E-state index in [0.717, 1.165) is 0 Å². The van der Waals surface area contributed by atoms with E-state index in [-0.39, 0.29) is 9.72 Å². The number of nitrogens with zero attached hydrogens (tertiary/aromatic N) is 2. The van der Waals surface area contributed by atoms with E-state index >= 15 is 0 Å². The number of amidine groups is 1. The Kier molecular flexibility index (Phi) is 4.25. The van der Waals surface area contributed by atoms with Crippen LogP contribution < -0.4 is 4.31 Å². The van der Waals surface area contributed by atoms with E-state index in [4.69, 9.17) is 0 Å². The zero-order chi connectivity index (χ0) is 16.6. The van der Waals surface area contributed by atoms with Crippen molar-refractivity contribution in [1.82, 2.24) is 0 Å². The van der Waals surface area contributed by atoms with E-state index in [1.54, 1.807) is 18.2 Å². The summed E-state index contributed by atoms with van der Waals surface area (Å²) in [5.41, 5.74) is 0.774. The highest BCUT2D eigenvalue weighted by atomic mass is 79.9. The number of anilines is 1. The molecule has 0 radical (unpaired) electrons. The molecule has 2 aromatic rings. The number of para-hydroxylation sites is 1. The monoisotopic (exact) mass is 396 g/mol. The van der Waals surface area contributed by atoms with Crippen LogP contribution in [0.4, 0.5) is 15.8 Å². The van der Waals surface area contributed by atoms with E-state index < -0.39 is 15.8 Å². The number of fused-ring (bicyclic) bond motifs is 1. The maximum absolute atomic E-state index is 13.2. The minimum atomic E-state index is -3.80. The van der Waals surface area contributed by atoms with Crippen LogP contribution in [0.1, 0.15) is 13.3 Å². The third-order valence-electron chi connectivity index (χ3n) is 3.53. The summed E-state index contributed by atoms with van der Waals surface area (Å²) < 4.78 is 40.5. The molecule has 0 fully saturated rings. The van der Waals surface area contributed by atoms with Crippen LogP contribution in [0.15, 0.2) is 58.4 Å². The molecule has 1 atom stereocenters. The van der Waals surface area contributed by atoms with Gasteiger partial charge < -0.3 is 0 Å². The summed E-state index contributed by atoms with van der Waals surface area (Å²) in [4.78, 5) is 4.42. The van der Waals surface area contributed by atoms with Crippen LogP contribution in [-0.2, 0) is 10.0 Å². The summed E-state index contributed by atoms with van der Waals surface area (Å²) in [5, 5.41) is 0. The average Bonchev–Trinajstić information content (AvgIpc) is 2.55. The Morgan fingerprint density at radius 2 is 1.83 bits per heavy atom. The molecule has 1 unspecified atom stereocenters. The van der Waals surface area contributed by atoms with Gasteiger partial charge in [-0.05, 0) is 42.8 Å². The summed E-state index contributed by atoms with van der Waals surface area (Å²) in [6.45, 7) is 1.93. The van der Waals surface area contributed by atoms with Crippen LogP contribution in [0.2, 0.25) is 0 Å². The van der Waals surface area contributed by atoms with Crippen molar-refractivity contribution >= 4 is 43.2 Å². The predicted octanol–water partition coefficient (Wildman–Crippen LogP) is 4.24. The maximum Gasteiger partial charge on any atom is 0.271 e. The van der Waals surface area contributed by atoms with Crippen molar-refractivity contribution in [1.29, 1.82) is 0 Å². The normalized spacial score (nSPS) is 17.3. The van der Waals surface area contributed by atoms with Crippen LogP contribution >= 0.6 is 15.9 Å². The van der Waals surface area contributed by atoms with Gasteiger partial charge in [-0.25, -0.2) is 22.1 Å². The molecule has 23 heavy (non-hydrogen) atoms. The molecule has 0 spiro atoms. The lowest BCUT2D eigenvalue weighted by atomic mass is 10.2. The molecule has 7 heteroatoms. The first-order chi connectivity index (χ1) is 10.9. The highest BCUT2D eigenvalue weighted by Gasteiger charge is 2.37. The molecule has 0 saturated heterocycles. The molecule has 0 aromatic heterocycles. The van der Waals surface area contributed by atoms with Gasteiger partial charge in [-0.2, -0.15) is 0 Å². The smallest absolute Gasteiger partial charge is 0.232 e. The standard InChI is InChI=1S/C16H14BrFN2O2S/c1-2-13(17)16-19-14-5-3-4-6-15(14)23(21,22)20(16)12-9-7-11(18)8-10-12/h3-10,13H,2H2,1H3. The van der Waals surface area contributed by atoms with Crippen LogP contribution in [0.5, 0.6) is 0 Å². The summed E-state index contributed by atoms with van der Waals surface area (Å²) in [6.07, 6.45) is 0.661. The molecule has 1 aliphatic heterocycles. The Balaban J connectivity index is 2.25. The number of aliphatic imine (C=N–C) groups is 1. The molecule has 0 amide bonds. The average molecular weight is 397 g/mol. The molecule has 0 aliphatic carbocycles. The highest BCUT2D eigenvalue weighted by molar-refractivity contribution is 9.10. The van der Waals surface area contributed by atoms with Crippen LogP contribution in [0.25, 0.3) is 0 Å². The largest absolute Gasteiger partial charge is 0.271 e. The quantitative estimate of drug-likeness (QED) is 0.728. The van der Waals surface area contributed by atoms with Gasteiger partial charge in [0.1, 0.15) is 16.5 Å². The molecule has 0 saturated carbocycles. The van der Waals surface area contributed by atoms with Gasteiger partial charge in [-0.1, -0.05) is 35.0 Å². The summed E-state index contributed by atoms with van der Waals surface area (Å²) in [5.74, 6) is -0.0502. The third kappa shape index (κ3) is 2.79. The first-order valence-corrected chi connectivity index (χ1v) is 9.43. The lowest BCUT2D eigenvalue weighted by molar-refractivity contribution is 0.595. The van der Waals surface area contributed by atoms with Gasteiger partial charge in [-0.3, -0.25) is 0 Å². The first kappa shape index (κ1) is 16.1. The van der Waals surface area contributed by atoms with Crippen molar-refractivity contribution in [3.8, 4) is 0 Å². The van der Waals surface area contributed by atoms with Crippen molar-refractivity contribution in [2.45, 2.75) is 23.1 Å². The minimum absolute atomic E-state index is 0.142. The van der Waals surface area contributed by atoms with E-state index in [1.165, 1.54) is 34.6 Å². The fourth-order valence-electron chi connectivity index (χ4n) is 2.39. The number of hydrogen-bond acceptors (Lipinski definition) is 3. The van der Waals surface area contributed by atoms with Crippen molar-refractivity contribution in [3.05, 3.63) is 54.3 Å². The molecule has 0 bridgehead atoms. The van der Waals surface area contributed by atoms with Gasteiger partial charge in [-0.15, -0.1) is 0 Å². The number of hydrogen-bond donors (Lipinski definition) is 0. The van der Waals surface area contributed by atoms with Gasteiger partial charge in [0.15, 0.2) is 0 Å². The number of benzene rings is 2. The Bertz CT molecular complexity index is 866. The third-order valence-corrected chi connectivity index (χ3v) is 6.36. The Labute approximate surface area is 142 Å². The predicted molar refractivity (Wildman–Crippen MR) is 92.6 cm³/mol. The summed E-state index contributed by atoms with van der Waals surface area (Å²) in [7, 11) is -3.80. The fraction of sp³-hybridized carbons (Fsp3) is 0.188. The van der Waals surface area contributed by atoms with Gasteiger partial charge in [0.2, 0.25) is 0 Å². The number of alkyl halides is 1. The minimum Gasteiger partial charge on any atom is -0.232 e. The summed E-state index contributed by atoms with van der Waals surface area (Å²) >= 11 is 3.48. The van der Waals surface area contributed by atoms with E-state index in [1.807, 2.05) is 6.92 Å². The zero-order valence-corrected chi connectivity index (χ0v) is 14.7. The number of rotatable bonds is 3. The van der Waals surface area contributed by atoms with Crippen LogP contribution in [-0.4, -0.2) is 19.1 Å². The second kappa shape index (κ2) is 6.05. The first-order valence-electron chi connectivity index (χ1n) is 7.07. The fourth-order valence-corrected chi connectivity index (χ4v) is 4.47. The van der Waals surface area contributed by atoms with Crippen molar-refractivity contribution in [2.24, 2.45) is 4.99 Å². The van der Waals surface area contributed by atoms with Crippen LogP contribution in [0, 0.1) is 5.82 Å². The molecule has 4 nitrogen and oxygen atoms in total. The highest BCUT2D eigenvalue weighted by Crippen LogP contribution is 2.37. The van der Waals surface area contributed by atoms with Crippen molar-refractivity contribution in [2.75, 3.05) is 4.31 Å². The Morgan fingerprint density at radius 3 is 2.48 bits per heavy atom. The molecule has 1 heterocycles. The number of halogens is 2. The van der Waals surface area contributed by atoms with E-state index in [2.05, 4.69) is 20.9 Å². The van der Waals surface area contributed by atoms with Crippen molar-refractivity contribution in [3.63, 3.8) is 0 Å². The maximum atomic E-state index is 13.2. The molecule has 0 N–H and O–H groups in total. The molecular formula is C16H14BrFN2O2S. The van der Waals surface area contributed by atoms with E-state index in [0.29, 0.717) is 23.6 Å². The van der Waals surface area contributed by atoms with Gasteiger partial charge in [0.25, 0.3) is 10.0 Å². The lowest BCUT2D eigenvalue weighted by Gasteiger charge is -2.31. The van der Waals surface area contributed by atoms with Crippen LogP contribution in [0.3, 0.4) is 0 Å². The topological polar surface area (TPSA) is 49.7 Å². The van der Waals surface area contributed by atoms with E-state index in [9.17, 15) is 12.8 Å². The lowest BCUT2D eigenvalue weighted by Crippen LogP contribution is -2.43. The zero-order valence-electron chi connectivity index (χ0n) is 12.3. The summed E-state index contributed by atoms with van der Waals surface area (Å²) in [6, 6.07) is 11.9. The number of sulfonamides is 1. The second-order valence-corrected chi connectivity index (χ2v) is 7.92. The Morgan fingerprint density at radius 1 is 1.17 bits per heavy atom. The molecule has 3 rings (SSSR count). The SMILES string of the molecule is CCC(Br)C1=Nc2ccccc2S(=O)(=O)N1c1ccc(F)cc1. The van der Waals surface area contributed by atoms with Gasteiger partial charge >= 0.3 is 0 Å². The van der Waals surface area contributed by atoms with Crippen molar-refractivity contribution < 1.29 is 12.8 Å². The van der Waals surface area contributed by atoms with Gasteiger partial charge in [0.05, 0.1) is 16.2 Å². The molecule has 2 aromatic carbocycles. The molecule has 1 aliphatic rings. The molecular weight excluding hydrogens is 383 g/mol. The molecule has 120 valence electrons.